The maximum Gasteiger partial charge on any atom is 0.240 e. The highest BCUT2D eigenvalue weighted by Gasteiger charge is 2.32. The maximum absolute atomic E-state index is 12.4. The van der Waals surface area contributed by atoms with E-state index in [1.807, 2.05) is 25.7 Å². The quantitative estimate of drug-likeness (QED) is 0.885. The Kier molecular flexibility index (Phi) is 5.46. The fourth-order valence-corrected chi connectivity index (χ4v) is 3.88. The Balaban J connectivity index is 1.84. The van der Waals surface area contributed by atoms with Gasteiger partial charge in [0.25, 0.3) is 0 Å². The van der Waals surface area contributed by atoms with E-state index in [-0.39, 0.29) is 11.3 Å². The highest BCUT2D eigenvalue weighted by atomic mass is 79.9. The molecule has 1 aliphatic heterocycles. The van der Waals surface area contributed by atoms with Crippen molar-refractivity contribution in [2.24, 2.45) is 11.1 Å². The molecule has 0 radical (unpaired) electrons. The summed E-state index contributed by atoms with van der Waals surface area (Å²) < 4.78 is 1.17. The molecule has 1 atom stereocenters. The van der Waals surface area contributed by atoms with Gasteiger partial charge in [-0.05, 0) is 33.5 Å². The summed E-state index contributed by atoms with van der Waals surface area (Å²) in [7, 11) is 0. The van der Waals surface area contributed by atoms with Gasteiger partial charge >= 0.3 is 0 Å². The highest BCUT2D eigenvalue weighted by Crippen LogP contribution is 2.24. The predicted octanol–water partition coefficient (Wildman–Crippen LogP) is 2.53. The van der Waals surface area contributed by atoms with Crippen LogP contribution in [-0.4, -0.2) is 47.9 Å². The highest BCUT2D eigenvalue weighted by molar-refractivity contribution is 9.11. The Labute approximate surface area is 139 Å². The summed E-state index contributed by atoms with van der Waals surface area (Å²) in [5.41, 5.74) is 5.89. The smallest absolute Gasteiger partial charge is 0.240 e. The minimum Gasteiger partial charge on any atom is -0.339 e. The molecule has 21 heavy (non-hydrogen) atoms. The van der Waals surface area contributed by atoms with Crippen LogP contribution in [0.15, 0.2) is 15.9 Å². The third kappa shape index (κ3) is 4.52. The number of amides is 1. The van der Waals surface area contributed by atoms with E-state index in [4.69, 9.17) is 5.73 Å². The molecule has 1 saturated heterocycles. The van der Waals surface area contributed by atoms with Crippen LogP contribution < -0.4 is 5.73 Å². The van der Waals surface area contributed by atoms with Crippen molar-refractivity contribution in [3.63, 3.8) is 0 Å². The summed E-state index contributed by atoms with van der Waals surface area (Å²) in [4.78, 5) is 18.1. The largest absolute Gasteiger partial charge is 0.339 e. The molecule has 2 rings (SSSR count). The van der Waals surface area contributed by atoms with Gasteiger partial charge in [0.05, 0.1) is 9.83 Å². The summed E-state index contributed by atoms with van der Waals surface area (Å²) >= 11 is 5.26. The van der Waals surface area contributed by atoms with Crippen molar-refractivity contribution >= 4 is 33.2 Å². The molecule has 1 aromatic rings. The zero-order valence-corrected chi connectivity index (χ0v) is 15.3. The molecule has 1 fully saturated rings. The minimum absolute atomic E-state index is 0.0843. The van der Waals surface area contributed by atoms with Crippen LogP contribution in [0.2, 0.25) is 0 Å². The summed E-state index contributed by atoms with van der Waals surface area (Å²) in [6.45, 7) is 10.4. The van der Waals surface area contributed by atoms with Crippen LogP contribution in [0.4, 0.5) is 0 Å². The molecule has 1 aromatic heterocycles. The van der Waals surface area contributed by atoms with Crippen molar-refractivity contribution in [3.8, 4) is 0 Å². The Hall–Kier alpha value is -0.430. The van der Waals surface area contributed by atoms with Gasteiger partial charge in [0, 0.05) is 37.6 Å². The second kappa shape index (κ2) is 6.77. The number of nitrogens with zero attached hydrogens (tertiary/aromatic N) is 2. The van der Waals surface area contributed by atoms with E-state index < -0.39 is 6.04 Å². The zero-order chi connectivity index (χ0) is 15.6. The summed E-state index contributed by atoms with van der Waals surface area (Å²) in [5, 5.41) is 0. The average molecular weight is 374 g/mol. The Morgan fingerprint density at radius 1 is 1.33 bits per heavy atom. The molecule has 0 spiro atoms. The van der Waals surface area contributed by atoms with Gasteiger partial charge in [-0.15, -0.1) is 11.3 Å². The van der Waals surface area contributed by atoms with E-state index in [0.717, 1.165) is 32.7 Å². The van der Waals surface area contributed by atoms with E-state index in [1.165, 1.54) is 8.66 Å². The molecule has 2 heterocycles. The maximum atomic E-state index is 12.4. The van der Waals surface area contributed by atoms with Gasteiger partial charge in [0.15, 0.2) is 0 Å². The van der Waals surface area contributed by atoms with Gasteiger partial charge in [-0.1, -0.05) is 20.8 Å². The number of rotatable bonds is 3. The first-order valence-electron chi connectivity index (χ1n) is 7.28. The average Bonchev–Trinajstić information content (AvgIpc) is 2.82. The lowest BCUT2D eigenvalue weighted by atomic mass is 9.86. The minimum atomic E-state index is -0.419. The van der Waals surface area contributed by atoms with Gasteiger partial charge in [0.1, 0.15) is 0 Å². The Bertz CT molecular complexity index is 489. The number of nitrogens with two attached hydrogens (primary N) is 1. The lowest BCUT2D eigenvalue weighted by Crippen LogP contribution is -2.55. The van der Waals surface area contributed by atoms with Crippen LogP contribution in [-0.2, 0) is 11.3 Å². The lowest BCUT2D eigenvalue weighted by molar-refractivity contribution is -0.136. The van der Waals surface area contributed by atoms with Gasteiger partial charge in [0.2, 0.25) is 5.91 Å². The van der Waals surface area contributed by atoms with Gasteiger partial charge in [-0.2, -0.15) is 0 Å². The third-order valence-electron chi connectivity index (χ3n) is 3.89. The number of hydrogen-bond donors (Lipinski definition) is 1. The fourth-order valence-electron chi connectivity index (χ4n) is 2.35. The van der Waals surface area contributed by atoms with Crippen LogP contribution in [0.1, 0.15) is 25.6 Å². The van der Waals surface area contributed by atoms with Crippen molar-refractivity contribution < 1.29 is 4.79 Å². The molecule has 1 amide bonds. The first-order chi connectivity index (χ1) is 9.77. The number of halogens is 1. The number of carbonyl (C=O) groups excluding carboxylic acids is 1. The molecule has 0 saturated carbocycles. The van der Waals surface area contributed by atoms with Crippen molar-refractivity contribution in [1.29, 1.82) is 0 Å². The van der Waals surface area contributed by atoms with Gasteiger partial charge in [-0.25, -0.2) is 0 Å². The Morgan fingerprint density at radius 3 is 2.43 bits per heavy atom. The molecule has 0 bridgehead atoms. The molecular weight excluding hydrogens is 350 g/mol. The normalized spacial score (nSPS) is 18.8. The summed E-state index contributed by atoms with van der Waals surface area (Å²) in [6.07, 6.45) is 0. The van der Waals surface area contributed by atoms with Gasteiger partial charge < -0.3 is 10.6 Å². The van der Waals surface area contributed by atoms with E-state index in [1.54, 1.807) is 11.3 Å². The first-order valence-corrected chi connectivity index (χ1v) is 8.89. The monoisotopic (exact) mass is 373 g/mol. The second-order valence-corrected chi connectivity index (χ2v) is 9.20. The van der Waals surface area contributed by atoms with E-state index in [2.05, 4.69) is 33.0 Å². The van der Waals surface area contributed by atoms with Crippen LogP contribution in [0.25, 0.3) is 0 Å². The van der Waals surface area contributed by atoms with E-state index in [0.29, 0.717) is 0 Å². The number of carbonyl (C=O) groups is 1. The predicted molar refractivity (Wildman–Crippen MR) is 91.3 cm³/mol. The molecule has 0 aliphatic carbocycles. The van der Waals surface area contributed by atoms with Crippen molar-refractivity contribution in [1.82, 2.24) is 9.80 Å². The summed E-state index contributed by atoms with van der Waals surface area (Å²) in [6, 6.07) is 3.82. The zero-order valence-electron chi connectivity index (χ0n) is 12.9. The van der Waals surface area contributed by atoms with Crippen LogP contribution in [0, 0.1) is 5.41 Å². The molecule has 0 aromatic carbocycles. The molecular formula is C15H24BrN3OS. The number of thiophene rings is 1. The lowest BCUT2D eigenvalue weighted by Gasteiger charge is -2.38. The first kappa shape index (κ1) is 16.9. The molecule has 118 valence electrons. The van der Waals surface area contributed by atoms with Crippen molar-refractivity contribution in [3.05, 3.63) is 20.8 Å². The fraction of sp³-hybridized carbons (Fsp3) is 0.667. The molecule has 4 nitrogen and oxygen atoms in total. The molecule has 6 heteroatoms. The second-order valence-electron chi connectivity index (χ2n) is 6.65. The van der Waals surface area contributed by atoms with Crippen LogP contribution in [0.3, 0.4) is 0 Å². The van der Waals surface area contributed by atoms with Gasteiger partial charge in [-0.3, -0.25) is 9.69 Å². The topological polar surface area (TPSA) is 49.6 Å². The standard InChI is InChI=1S/C15H24BrN3OS/c1-15(2,3)13(17)14(20)19-8-6-18(7-9-19)10-11-4-5-12(16)21-11/h4-5,13H,6-10,17H2,1-3H3/t13-/m1/s1. The molecule has 0 unspecified atom stereocenters. The molecule has 2 N–H and O–H groups in total. The number of piperazine rings is 1. The van der Waals surface area contributed by atoms with E-state index >= 15 is 0 Å². The van der Waals surface area contributed by atoms with Crippen molar-refractivity contribution in [2.45, 2.75) is 33.4 Å². The Morgan fingerprint density at radius 2 is 1.95 bits per heavy atom. The SMILES string of the molecule is CC(C)(C)[C@H](N)C(=O)N1CCN(Cc2ccc(Br)s2)CC1. The summed E-state index contributed by atoms with van der Waals surface area (Å²) in [5.74, 6) is 0.0843. The molecule has 1 aliphatic rings. The van der Waals surface area contributed by atoms with Crippen LogP contribution >= 0.6 is 27.3 Å². The van der Waals surface area contributed by atoms with Crippen LogP contribution in [0.5, 0.6) is 0 Å². The third-order valence-corrected chi connectivity index (χ3v) is 5.50. The number of hydrogen-bond acceptors (Lipinski definition) is 4. The van der Waals surface area contributed by atoms with Crippen molar-refractivity contribution in [2.75, 3.05) is 26.2 Å². The van der Waals surface area contributed by atoms with E-state index in [9.17, 15) is 4.79 Å².